The van der Waals surface area contributed by atoms with E-state index in [1.54, 1.807) is 42.1 Å². The highest BCUT2D eigenvalue weighted by atomic mass is 32.2. The van der Waals surface area contributed by atoms with Gasteiger partial charge >= 0.3 is 0 Å². The maximum atomic E-state index is 12.3. The fourth-order valence-corrected chi connectivity index (χ4v) is 3.06. The third-order valence-electron chi connectivity index (χ3n) is 4.03. The zero-order valence-corrected chi connectivity index (χ0v) is 16.8. The molecule has 8 heteroatoms. The van der Waals surface area contributed by atoms with Gasteiger partial charge in [0.2, 0.25) is 11.8 Å². The van der Waals surface area contributed by atoms with Crippen molar-refractivity contribution in [1.82, 2.24) is 9.78 Å². The first-order chi connectivity index (χ1) is 13.9. The Kier molecular flexibility index (Phi) is 6.46. The van der Waals surface area contributed by atoms with Gasteiger partial charge in [-0.1, -0.05) is 12.1 Å². The van der Waals surface area contributed by atoms with Crippen LogP contribution < -0.4 is 16.2 Å². The summed E-state index contributed by atoms with van der Waals surface area (Å²) in [4.78, 5) is 36.6. The van der Waals surface area contributed by atoms with Gasteiger partial charge in [0.15, 0.2) is 0 Å². The van der Waals surface area contributed by atoms with Crippen molar-refractivity contribution in [2.45, 2.75) is 18.4 Å². The van der Waals surface area contributed by atoms with Gasteiger partial charge in [0.1, 0.15) is 6.54 Å². The Morgan fingerprint density at radius 2 is 1.55 bits per heavy atom. The van der Waals surface area contributed by atoms with Crippen molar-refractivity contribution in [3.63, 3.8) is 0 Å². The molecule has 0 aliphatic heterocycles. The summed E-state index contributed by atoms with van der Waals surface area (Å²) in [5.74, 6) is -0.544. The topological polar surface area (TPSA) is 93.1 Å². The van der Waals surface area contributed by atoms with Crippen molar-refractivity contribution in [3.8, 4) is 11.3 Å². The largest absolute Gasteiger partial charge is 0.326 e. The van der Waals surface area contributed by atoms with Gasteiger partial charge in [-0.2, -0.15) is 5.10 Å². The summed E-state index contributed by atoms with van der Waals surface area (Å²) >= 11 is 1.64. The summed E-state index contributed by atoms with van der Waals surface area (Å²) in [6, 6.07) is 17.6. The van der Waals surface area contributed by atoms with Gasteiger partial charge in [-0.25, -0.2) is 4.68 Å². The van der Waals surface area contributed by atoms with Crippen molar-refractivity contribution in [1.29, 1.82) is 0 Å². The minimum atomic E-state index is -0.373. The SMILES string of the molecule is CSc1ccc(-c2ccc(=O)n(CC(=O)Nc3ccc(NC(C)=O)cc3)n2)cc1. The number of aromatic nitrogens is 2. The summed E-state index contributed by atoms with van der Waals surface area (Å²) in [6.07, 6.45) is 2.00. The lowest BCUT2D eigenvalue weighted by Crippen LogP contribution is -2.29. The molecular formula is C21H20N4O3S. The van der Waals surface area contributed by atoms with Crippen molar-refractivity contribution in [2.24, 2.45) is 0 Å². The molecule has 0 aliphatic rings. The standard InChI is InChI=1S/C21H20N4O3S/c1-14(26)22-16-5-7-17(8-6-16)23-20(27)13-25-21(28)12-11-19(24-25)15-3-9-18(29-2)10-4-15/h3-12H,13H2,1-2H3,(H,22,26)(H,23,27). The molecular weight excluding hydrogens is 388 g/mol. The molecule has 0 radical (unpaired) electrons. The van der Waals surface area contributed by atoms with Gasteiger partial charge in [0, 0.05) is 34.8 Å². The molecule has 0 fully saturated rings. The molecule has 1 heterocycles. The molecule has 3 rings (SSSR count). The Morgan fingerprint density at radius 3 is 2.14 bits per heavy atom. The maximum Gasteiger partial charge on any atom is 0.267 e. The molecule has 0 atom stereocenters. The molecule has 148 valence electrons. The monoisotopic (exact) mass is 408 g/mol. The van der Waals surface area contributed by atoms with Gasteiger partial charge in [-0.05, 0) is 48.7 Å². The predicted octanol–water partition coefficient (Wildman–Crippen LogP) is 3.23. The first-order valence-electron chi connectivity index (χ1n) is 8.85. The second-order valence-electron chi connectivity index (χ2n) is 6.25. The van der Waals surface area contributed by atoms with E-state index in [1.165, 1.54) is 13.0 Å². The van der Waals surface area contributed by atoms with Crippen LogP contribution in [0.3, 0.4) is 0 Å². The number of rotatable bonds is 6. The normalized spacial score (nSPS) is 10.4. The lowest BCUT2D eigenvalue weighted by molar-refractivity contribution is -0.117. The number of hydrogen-bond acceptors (Lipinski definition) is 5. The smallest absolute Gasteiger partial charge is 0.267 e. The zero-order chi connectivity index (χ0) is 20.8. The van der Waals surface area contributed by atoms with Crippen molar-refractivity contribution < 1.29 is 9.59 Å². The second-order valence-corrected chi connectivity index (χ2v) is 7.13. The van der Waals surface area contributed by atoms with E-state index in [2.05, 4.69) is 15.7 Å². The minimum absolute atomic E-state index is 0.171. The zero-order valence-electron chi connectivity index (χ0n) is 16.0. The third-order valence-corrected chi connectivity index (χ3v) is 4.78. The molecule has 1 aromatic heterocycles. The van der Waals surface area contributed by atoms with Crippen LogP contribution in [-0.2, 0) is 16.1 Å². The average Bonchev–Trinajstić information content (AvgIpc) is 2.71. The van der Waals surface area contributed by atoms with E-state index in [1.807, 2.05) is 30.5 Å². The highest BCUT2D eigenvalue weighted by molar-refractivity contribution is 7.98. The first kappa shape index (κ1) is 20.3. The van der Waals surface area contributed by atoms with E-state index < -0.39 is 0 Å². The maximum absolute atomic E-state index is 12.3. The minimum Gasteiger partial charge on any atom is -0.326 e. The summed E-state index contributed by atoms with van der Waals surface area (Å²) in [5, 5.41) is 9.69. The van der Waals surface area contributed by atoms with Crippen molar-refractivity contribution in [2.75, 3.05) is 16.9 Å². The van der Waals surface area contributed by atoms with Crippen LogP contribution in [0.1, 0.15) is 6.92 Å². The molecule has 2 amide bonds. The van der Waals surface area contributed by atoms with E-state index in [-0.39, 0.29) is 23.9 Å². The van der Waals surface area contributed by atoms with Crippen LogP contribution in [0.4, 0.5) is 11.4 Å². The molecule has 0 saturated carbocycles. The second kappa shape index (κ2) is 9.20. The molecule has 0 unspecified atom stereocenters. The molecule has 0 aliphatic carbocycles. The van der Waals surface area contributed by atoms with E-state index in [4.69, 9.17) is 0 Å². The molecule has 7 nitrogen and oxygen atoms in total. The van der Waals surface area contributed by atoms with Gasteiger partial charge < -0.3 is 10.6 Å². The molecule has 0 spiro atoms. The Hall–Kier alpha value is -3.39. The fraction of sp³-hybridized carbons (Fsp3) is 0.143. The van der Waals surface area contributed by atoms with Crippen LogP contribution in [0.25, 0.3) is 11.3 Å². The Bertz CT molecular complexity index is 1080. The summed E-state index contributed by atoms with van der Waals surface area (Å²) < 4.78 is 1.14. The van der Waals surface area contributed by atoms with E-state index in [0.717, 1.165) is 15.1 Å². The van der Waals surface area contributed by atoms with Crippen LogP contribution in [0.2, 0.25) is 0 Å². The number of thioether (sulfide) groups is 1. The number of amides is 2. The first-order valence-corrected chi connectivity index (χ1v) is 10.1. The third kappa shape index (κ3) is 5.55. The summed E-state index contributed by atoms with van der Waals surface area (Å²) in [6.45, 7) is 1.22. The number of benzene rings is 2. The van der Waals surface area contributed by atoms with Crippen LogP contribution in [-0.4, -0.2) is 27.9 Å². The quantitative estimate of drug-likeness (QED) is 0.611. The lowest BCUT2D eigenvalue weighted by Gasteiger charge is -2.09. The number of hydrogen-bond donors (Lipinski definition) is 2. The van der Waals surface area contributed by atoms with Crippen LogP contribution in [0.5, 0.6) is 0 Å². The molecule has 2 aromatic carbocycles. The number of carbonyl (C=O) groups excluding carboxylic acids is 2. The Morgan fingerprint density at radius 1 is 0.931 bits per heavy atom. The van der Waals surface area contributed by atoms with E-state index in [0.29, 0.717) is 17.1 Å². The Labute approximate surface area is 172 Å². The number of carbonyl (C=O) groups is 2. The fourth-order valence-electron chi connectivity index (χ4n) is 2.65. The van der Waals surface area contributed by atoms with E-state index >= 15 is 0 Å². The van der Waals surface area contributed by atoms with Crippen LogP contribution in [0.15, 0.2) is 70.4 Å². The van der Waals surface area contributed by atoms with Crippen molar-refractivity contribution in [3.05, 3.63) is 71.0 Å². The molecule has 0 bridgehead atoms. The summed E-state index contributed by atoms with van der Waals surface area (Å²) in [7, 11) is 0. The number of nitrogens with zero attached hydrogens (tertiary/aromatic N) is 2. The van der Waals surface area contributed by atoms with E-state index in [9.17, 15) is 14.4 Å². The van der Waals surface area contributed by atoms with Gasteiger partial charge in [0.25, 0.3) is 5.56 Å². The van der Waals surface area contributed by atoms with Crippen LogP contribution in [0, 0.1) is 0 Å². The predicted molar refractivity (Wildman–Crippen MR) is 115 cm³/mol. The average molecular weight is 408 g/mol. The summed E-state index contributed by atoms with van der Waals surface area (Å²) in [5.41, 5.74) is 2.32. The van der Waals surface area contributed by atoms with Gasteiger partial charge in [0.05, 0.1) is 5.69 Å². The van der Waals surface area contributed by atoms with Gasteiger partial charge in [-0.3, -0.25) is 14.4 Å². The lowest BCUT2D eigenvalue weighted by atomic mass is 10.1. The number of anilines is 2. The number of nitrogens with one attached hydrogen (secondary N) is 2. The van der Waals surface area contributed by atoms with Crippen LogP contribution >= 0.6 is 11.8 Å². The highest BCUT2D eigenvalue weighted by Crippen LogP contribution is 2.20. The molecule has 29 heavy (non-hydrogen) atoms. The van der Waals surface area contributed by atoms with Crippen molar-refractivity contribution >= 4 is 35.0 Å². The molecule has 0 saturated heterocycles. The Balaban J connectivity index is 1.71. The van der Waals surface area contributed by atoms with Gasteiger partial charge in [-0.15, -0.1) is 11.8 Å². The molecule has 3 aromatic rings. The molecule has 2 N–H and O–H groups in total. The highest BCUT2D eigenvalue weighted by Gasteiger charge is 2.09.